The van der Waals surface area contributed by atoms with Gasteiger partial charge in [-0.05, 0) is 66.2 Å². The minimum Gasteiger partial charge on any atom is -0.386 e. The molecule has 3 N–H and O–H groups in total. The monoisotopic (exact) mass is 533 g/mol. The fourth-order valence-corrected chi connectivity index (χ4v) is 4.49. The Balaban J connectivity index is 1.38. The first-order valence-electron chi connectivity index (χ1n) is 9.80. The van der Waals surface area contributed by atoms with Gasteiger partial charge in [-0.15, -0.1) is 0 Å². The quantitative estimate of drug-likeness (QED) is 0.474. The van der Waals surface area contributed by atoms with Crippen LogP contribution in [0.15, 0.2) is 30.3 Å². The summed E-state index contributed by atoms with van der Waals surface area (Å²) in [5.74, 6) is -2.67. The van der Waals surface area contributed by atoms with Crippen molar-refractivity contribution in [3.63, 3.8) is 0 Å². The number of β-amino-alcohol motifs (C(OH)–C–C–N with tert-alkyl or cyclic N) is 1. The van der Waals surface area contributed by atoms with Crippen molar-refractivity contribution >= 4 is 34.0 Å². The Labute approximate surface area is 186 Å². The summed E-state index contributed by atoms with van der Waals surface area (Å²) in [7, 11) is 0. The summed E-state index contributed by atoms with van der Waals surface area (Å²) >= 11 is 1.97. The largest absolute Gasteiger partial charge is 0.386 e. The first-order chi connectivity index (χ1) is 14.4. The van der Waals surface area contributed by atoms with Crippen LogP contribution in [0.3, 0.4) is 0 Å². The molecule has 0 aliphatic carbocycles. The molecule has 0 saturated carbocycles. The summed E-state index contributed by atoms with van der Waals surface area (Å²) in [5.41, 5.74) is -0.458. The predicted octanol–water partition coefficient (Wildman–Crippen LogP) is 3.72. The van der Waals surface area contributed by atoms with E-state index in [1.807, 2.05) is 27.5 Å². The first-order valence-corrected chi connectivity index (χ1v) is 10.9. The van der Waals surface area contributed by atoms with Crippen LogP contribution in [0.25, 0.3) is 0 Å². The van der Waals surface area contributed by atoms with Gasteiger partial charge in [-0.1, -0.05) is 6.07 Å². The molecule has 1 atom stereocenters. The van der Waals surface area contributed by atoms with E-state index in [4.69, 9.17) is 4.74 Å². The van der Waals surface area contributed by atoms with E-state index >= 15 is 0 Å². The van der Waals surface area contributed by atoms with Gasteiger partial charge in [0.2, 0.25) is 0 Å². The smallest absolute Gasteiger partial charge is 0.182 e. The molecular weight excluding hydrogens is 510 g/mol. The summed E-state index contributed by atoms with van der Waals surface area (Å²) in [6.45, 7) is 2.20. The summed E-state index contributed by atoms with van der Waals surface area (Å²) < 4.78 is 48.7. The lowest BCUT2D eigenvalue weighted by Gasteiger charge is -2.49. The van der Waals surface area contributed by atoms with Crippen molar-refractivity contribution in [2.45, 2.75) is 31.1 Å². The molecule has 2 fully saturated rings. The van der Waals surface area contributed by atoms with Crippen LogP contribution >= 0.6 is 22.6 Å². The van der Waals surface area contributed by atoms with Gasteiger partial charge in [-0.3, -0.25) is 4.90 Å². The van der Waals surface area contributed by atoms with Crippen LogP contribution < -0.4 is 10.6 Å². The molecule has 2 aromatic carbocycles. The van der Waals surface area contributed by atoms with E-state index in [1.165, 1.54) is 18.2 Å². The van der Waals surface area contributed by atoms with Crippen molar-refractivity contribution in [1.82, 2.24) is 10.2 Å². The third-order valence-electron chi connectivity index (χ3n) is 5.61. The van der Waals surface area contributed by atoms with E-state index in [-0.39, 0.29) is 30.8 Å². The highest BCUT2D eigenvalue weighted by Gasteiger charge is 2.47. The first kappa shape index (κ1) is 21.8. The zero-order valence-electron chi connectivity index (χ0n) is 16.2. The van der Waals surface area contributed by atoms with Gasteiger partial charge < -0.3 is 20.5 Å². The second kappa shape index (κ2) is 8.99. The maximum absolute atomic E-state index is 14.4. The van der Waals surface area contributed by atoms with Gasteiger partial charge in [-0.25, -0.2) is 13.2 Å². The molecule has 30 heavy (non-hydrogen) atoms. The molecule has 0 amide bonds. The van der Waals surface area contributed by atoms with Crippen LogP contribution in [0.4, 0.5) is 24.5 Å². The van der Waals surface area contributed by atoms with E-state index < -0.39 is 23.1 Å². The fraction of sp³-hybridized carbons (Fsp3) is 0.429. The highest BCUT2D eigenvalue weighted by atomic mass is 127. The molecule has 2 heterocycles. The van der Waals surface area contributed by atoms with E-state index in [0.29, 0.717) is 22.2 Å². The zero-order chi connectivity index (χ0) is 21.3. The number of nitrogens with one attached hydrogen (secondary N) is 2. The summed E-state index contributed by atoms with van der Waals surface area (Å²) in [5, 5.41) is 16.6. The van der Waals surface area contributed by atoms with Crippen LogP contribution in [0.1, 0.15) is 18.4 Å². The number of hydrogen-bond acceptors (Lipinski definition) is 5. The van der Waals surface area contributed by atoms with E-state index in [9.17, 15) is 18.3 Å². The van der Waals surface area contributed by atoms with Gasteiger partial charge in [0.25, 0.3) is 0 Å². The van der Waals surface area contributed by atoms with E-state index in [2.05, 4.69) is 10.6 Å². The number of benzene rings is 2. The maximum atomic E-state index is 14.4. The van der Waals surface area contributed by atoms with Gasteiger partial charge in [0, 0.05) is 28.3 Å². The molecule has 0 spiro atoms. The molecule has 5 nitrogen and oxygen atoms in total. The van der Waals surface area contributed by atoms with Gasteiger partial charge in [0.1, 0.15) is 11.4 Å². The standard InChI is InChI=1S/C21H23F3IN3O2/c22-15-5-3-13(20(19(15)24)27-17-6-4-14(25)8-16(17)23)9-30-12-28-10-21(29,11-28)18-2-1-7-26-18/h3-6,8,18,26-27,29H,1-2,7,9-12H2. The van der Waals surface area contributed by atoms with Crippen LogP contribution in [-0.4, -0.2) is 48.0 Å². The normalized spacial score (nSPS) is 20.9. The van der Waals surface area contributed by atoms with E-state index in [0.717, 1.165) is 25.5 Å². The third kappa shape index (κ3) is 4.59. The molecule has 0 bridgehead atoms. The Kier molecular flexibility index (Phi) is 6.54. The lowest BCUT2D eigenvalue weighted by Crippen LogP contribution is -2.69. The summed E-state index contributed by atoms with van der Waals surface area (Å²) in [6, 6.07) is 7.01. The number of halogens is 4. The number of nitrogens with zero attached hydrogens (tertiary/aromatic N) is 1. The predicted molar refractivity (Wildman–Crippen MR) is 116 cm³/mol. The Morgan fingerprint density at radius 2 is 2.00 bits per heavy atom. The summed E-state index contributed by atoms with van der Waals surface area (Å²) in [4.78, 5) is 1.95. The average Bonchev–Trinajstić information content (AvgIpc) is 3.22. The maximum Gasteiger partial charge on any atom is 0.182 e. The van der Waals surface area contributed by atoms with Gasteiger partial charge >= 0.3 is 0 Å². The highest BCUT2D eigenvalue weighted by Crippen LogP contribution is 2.31. The number of hydrogen-bond donors (Lipinski definition) is 3. The molecule has 1 unspecified atom stereocenters. The lowest BCUT2D eigenvalue weighted by molar-refractivity contribution is -0.153. The minimum absolute atomic E-state index is 0.0160. The minimum atomic E-state index is -1.08. The summed E-state index contributed by atoms with van der Waals surface area (Å²) in [6.07, 6.45) is 2.03. The number of likely N-dealkylation sites (tertiary alicyclic amines) is 1. The number of aliphatic hydroxyl groups is 1. The number of ether oxygens (including phenoxy) is 1. The number of rotatable bonds is 7. The average molecular weight is 533 g/mol. The van der Waals surface area contributed by atoms with Crippen molar-refractivity contribution in [2.24, 2.45) is 0 Å². The second-order valence-electron chi connectivity index (χ2n) is 7.86. The van der Waals surface area contributed by atoms with Crippen LogP contribution in [0, 0.1) is 21.0 Å². The Bertz CT molecular complexity index is 919. The van der Waals surface area contributed by atoms with Crippen molar-refractivity contribution in [2.75, 3.05) is 31.7 Å². The van der Waals surface area contributed by atoms with Crippen LogP contribution in [0.5, 0.6) is 0 Å². The Hall–Kier alpha value is -1.40. The fourth-order valence-electron chi connectivity index (χ4n) is 4.04. The molecule has 2 saturated heterocycles. The molecule has 2 aliphatic rings. The molecule has 162 valence electrons. The molecule has 2 aromatic rings. The van der Waals surface area contributed by atoms with Crippen molar-refractivity contribution in [1.29, 1.82) is 0 Å². The molecule has 0 aromatic heterocycles. The topological polar surface area (TPSA) is 56.8 Å². The molecule has 4 rings (SSSR count). The Morgan fingerprint density at radius 3 is 2.70 bits per heavy atom. The SMILES string of the molecule is OC1(C2CCCN2)CN(COCc2ccc(F)c(F)c2Nc2ccc(I)cc2F)C1. The van der Waals surface area contributed by atoms with Gasteiger partial charge in [-0.2, -0.15) is 0 Å². The van der Waals surface area contributed by atoms with Crippen molar-refractivity contribution in [3.8, 4) is 0 Å². The molecule has 2 aliphatic heterocycles. The van der Waals surface area contributed by atoms with Crippen molar-refractivity contribution in [3.05, 3.63) is 56.9 Å². The van der Waals surface area contributed by atoms with E-state index in [1.54, 1.807) is 6.07 Å². The highest BCUT2D eigenvalue weighted by molar-refractivity contribution is 14.1. The van der Waals surface area contributed by atoms with Gasteiger partial charge in [0.15, 0.2) is 11.6 Å². The molecule has 9 heteroatoms. The number of anilines is 2. The third-order valence-corrected chi connectivity index (χ3v) is 6.28. The Morgan fingerprint density at radius 1 is 1.20 bits per heavy atom. The van der Waals surface area contributed by atoms with Crippen LogP contribution in [0.2, 0.25) is 0 Å². The molecular formula is C21H23F3IN3O2. The zero-order valence-corrected chi connectivity index (χ0v) is 18.4. The molecule has 0 radical (unpaired) electrons. The van der Waals surface area contributed by atoms with Gasteiger partial charge in [0.05, 0.1) is 24.7 Å². The lowest BCUT2D eigenvalue weighted by atomic mass is 9.85. The second-order valence-corrected chi connectivity index (χ2v) is 9.11. The van der Waals surface area contributed by atoms with Crippen molar-refractivity contribution < 1.29 is 23.0 Å². The van der Waals surface area contributed by atoms with Crippen LogP contribution in [-0.2, 0) is 11.3 Å².